The van der Waals surface area contributed by atoms with Gasteiger partial charge in [-0.15, -0.1) is 11.8 Å². The van der Waals surface area contributed by atoms with E-state index in [1.54, 1.807) is 11.8 Å². The van der Waals surface area contributed by atoms with E-state index in [0.717, 1.165) is 19.4 Å². The molecule has 2 saturated heterocycles. The molecule has 2 N–H and O–H groups in total. The molecule has 4 nitrogen and oxygen atoms in total. The lowest BCUT2D eigenvalue weighted by Crippen LogP contribution is -2.50. The van der Waals surface area contributed by atoms with Crippen LogP contribution in [0, 0.1) is 0 Å². The van der Waals surface area contributed by atoms with E-state index < -0.39 is 12.0 Å². The number of hydrogen-bond donors (Lipinski definition) is 2. The molecule has 0 saturated carbocycles. The summed E-state index contributed by atoms with van der Waals surface area (Å²) in [5.41, 5.74) is 0. The van der Waals surface area contributed by atoms with Crippen molar-refractivity contribution >= 4 is 17.7 Å². The number of ether oxygens (including phenoxy) is 1. The molecule has 14 heavy (non-hydrogen) atoms. The highest BCUT2D eigenvalue weighted by Gasteiger charge is 2.45. The highest BCUT2D eigenvalue weighted by molar-refractivity contribution is 8.01. The van der Waals surface area contributed by atoms with Crippen LogP contribution in [-0.2, 0) is 9.53 Å². The van der Waals surface area contributed by atoms with Gasteiger partial charge >= 0.3 is 5.97 Å². The highest BCUT2D eigenvalue weighted by atomic mass is 32.2. The Hall–Kier alpha value is -0.260. The molecule has 0 bridgehead atoms. The zero-order chi connectivity index (χ0) is 10.2. The number of aliphatic carboxylic acids is 1. The van der Waals surface area contributed by atoms with Gasteiger partial charge in [-0.25, -0.2) is 0 Å². The smallest absolute Gasteiger partial charge is 0.321 e. The SMILES string of the molecule is CC1(C2CCCO2)N[C@H](C(=O)O)CS1. The van der Waals surface area contributed by atoms with Gasteiger partial charge in [-0.3, -0.25) is 10.1 Å². The zero-order valence-corrected chi connectivity index (χ0v) is 8.97. The van der Waals surface area contributed by atoms with E-state index in [1.807, 2.05) is 6.92 Å². The van der Waals surface area contributed by atoms with Crippen LogP contribution in [0.25, 0.3) is 0 Å². The van der Waals surface area contributed by atoms with Crippen molar-refractivity contribution in [1.82, 2.24) is 5.32 Å². The Labute approximate surface area is 87.4 Å². The van der Waals surface area contributed by atoms with Crippen molar-refractivity contribution in [2.45, 2.75) is 36.8 Å². The molecule has 5 heteroatoms. The Morgan fingerprint density at radius 1 is 1.71 bits per heavy atom. The number of carboxylic acids is 1. The Bertz CT molecular complexity index is 242. The third-order valence-corrected chi connectivity index (χ3v) is 4.33. The van der Waals surface area contributed by atoms with Crippen LogP contribution in [0.3, 0.4) is 0 Å². The zero-order valence-electron chi connectivity index (χ0n) is 8.16. The van der Waals surface area contributed by atoms with Gasteiger partial charge in [-0.05, 0) is 19.8 Å². The fourth-order valence-corrected chi connectivity index (χ4v) is 3.35. The van der Waals surface area contributed by atoms with Crippen LogP contribution >= 0.6 is 11.8 Å². The van der Waals surface area contributed by atoms with Crippen LogP contribution in [-0.4, -0.2) is 40.5 Å². The average molecular weight is 217 g/mol. The summed E-state index contributed by atoms with van der Waals surface area (Å²) >= 11 is 1.66. The summed E-state index contributed by atoms with van der Waals surface area (Å²) in [5, 5.41) is 12.0. The molecule has 2 heterocycles. The first kappa shape index (κ1) is 10.3. The number of hydrogen-bond acceptors (Lipinski definition) is 4. The number of rotatable bonds is 2. The van der Waals surface area contributed by atoms with Crippen LogP contribution in [0.15, 0.2) is 0 Å². The molecule has 2 unspecified atom stereocenters. The van der Waals surface area contributed by atoms with Crippen LogP contribution < -0.4 is 5.32 Å². The van der Waals surface area contributed by atoms with Crippen molar-refractivity contribution in [3.05, 3.63) is 0 Å². The molecule has 2 aliphatic rings. The van der Waals surface area contributed by atoms with Crippen molar-refractivity contribution < 1.29 is 14.6 Å². The third kappa shape index (κ3) is 1.76. The van der Waals surface area contributed by atoms with E-state index in [-0.39, 0.29) is 11.0 Å². The minimum Gasteiger partial charge on any atom is -0.480 e. The van der Waals surface area contributed by atoms with Gasteiger partial charge in [0.05, 0.1) is 11.0 Å². The second kappa shape index (κ2) is 3.72. The summed E-state index contributed by atoms with van der Waals surface area (Å²) < 4.78 is 5.59. The molecule has 0 amide bonds. The Balaban J connectivity index is 2.00. The van der Waals surface area contributed by atoms with Crippen molar-refractivity contribution in [2.75, 3.05) is 12.4 Å². The minimum absolute atomic E-state index is 0.164. The van der Waals surface area contributed by atoms with Gasteiger partial charge in [-0.1, -0.05) is 0 Å². The fourth-order valence-electron chi connectivity index (χ4n) is 2.02. The number of nitrogens with one attached hydrogen (secondary N) is 1. The summed E-state index contributed by atoms with van der Waals surface area (Å²) in [5.74, 6) is -0.134. The van der Waals surface area contributed by atoms with Crippen LogP contribution in [0.2, 0.25) is 0 Å². The van der Waals surface area contributed by atoms with Crippen LogP contribution in [0.5, 0.6) is 0 Å². The third-order valence-electron chi connectivity index (χ3n) is 2.85. The lowest BCUT2D eigenvalue weighted by atomic mass is 10.1. The minimum atomic E-state index is -0.765. The lowest BCUT2D eigenvalue weighted by molar-refractivity contribution is -0.139. The standard InChI is InChI=1S/C9H15NO3S/c1-9(7-3-2-4-13-7)10-6(5-14-9)8(11)12/h6-7,10H,2-5H2,1H3,(H,11,12)/t6-,7?,9?/m0/s1. The second-order valence-corrected chi connectivity index (χ2v) is 5.42. The molecule has 80 valence electrons. The highest BCUT2D eigenvalue weighted by Crippen LogP contribution is 2.38. The topological polar surface area (TPSA) is 58.6 Å². The molecular weight excluding hydrogens is 202 g/mol. The second-order valence-electron chi connectivity index (χ2n) is 3.95. The fraction of sp³-hybridized carbons (Fsp3) is 0.889. The van der Waals surface area contributed by atoms with Gasteiger partial charge in [0, 0.05) is 12.4 Å². The number of carboxylic acid groups (broad SMARTS) is 1. The molecular formula is C9H15NO3S. The monoisotopic (exact) mass is 217 g/mol. The van der Waals surface area contributed by atoms with E-state index in [1.165, 1.54) is 0 Å². The first-order valence-corrected chi connectivity index (χ1v) is 5.86. The summed E-state index contributed by atoms with van der Waals surface area (Å²) in [6.45, 7) is 2.84. The van der Waals surface area contributed by atoms with Gasteiger partial charge < -0.3 is 9.84 Å². The maximum absolute atomic E-state index is 10.8. The molecule has 2 aliphatic heterocycles. The molecule has 0 aromatic carbocycles. The number of carbonyl (C=O) groups is 1. The summed E-state index contributed by atoms with van der Waals surface area (Å²) in [6.07, 6.45) is 2.28. The predicted octanol–water partition coefficient (Wildman–Crippen LogP) is 0.671. The van der Waals surface area contributed by atoms with E-state index in [2.05, 4.69) is 5.32 Å². The molecule has 2 fully saturated rings. The summed E-state index contributed by atoms with van der Waals surface area (Å²) in [7, 11) is 0. The van der Waals surface area contributed by atoms with Gasteiger partial charge in [0.15, 0.2) is 0 Å². The maximum Gasteiger partial charge on any atom is 0.321 e. The normalized spacial score (nSPS) is 42.9. The predicted molar refractivity (Wildman–Crippen MR) is 54.4 cm³/mol. The van der Waals surface area contributed by atoms with Crippen molar-refractivity contribution in [3.63, 3.8) is 0 Å². The van der Waals surface area contributed by atoms with E-state index in [0.29, 0.717) is 5.75 Å². The molecule has 0 aliphatic carbocycles. The first-order chi connectivity index (χ1) is 6.62. The van der Waals surface area contributed by atoms with Gasteiger partial charge in [0.1, 0.15) is 6.04 Å². The molecule has 0 radical (unpaired) electrons. The van der Waals surface area contributed by atoms with Crippen molar-refractivity contribution in [1.29, 1.82) is 0 Å². The van der Waals surface area contributed by atoms with Crippen LogP contribution in [0.1, 0.15) is 19.8 Å². The number of thioether (sulfide) groups is 1. The Kier molecular flexibility index (Phi) is 2.72. The Morgan fingerprint density at radius 3 is 3.00 bits per heavy atom. The summed E-state index contributed by atoms with van der Waals surface area (Å²) in [6, 6.07) is -0.422. The largest absolute Gasteiger partial charge is 0.480 e. The van der Waals surface area contributed by atoms with Crippen molar-refractivity contribution in [2.24, 2.45) is 0 Å². The molecule has 3 atom stereocenters. The maximum atomic E-state index is 10.8. The van der Waals surface area contributed by atoms with Gasteiger partial charge in [0.25, 0.3) is 0 Å². The van der Waals surface area contributed by atoms with E-state index >= 15 is 0 Å². The lowest BCUT2D eigenvalue weighted by Gasteiger charge is -2.30. The molecule has 0 spiro atoms. The van der Waals surface area contributed by atoms with Crippen molar-refractivity contribution in [3.8, 4) is 0 Å². The van der Waals surface area contributed by atoms with Gasteiger partial charge in [0.2, 0.25) is 0 Å². The van der Waals surface area contributed by atoms with E-state index in [9.17, 15) is 4.79 Å². The van der Waals surface area contributed by atoms with Crippen LogP contribution in [0.4, 0.5) is 0 Å². The molecule has 2 rings (SSSR count). The molecule has 0 aromatic heterocycles. The average Bonchev–Trinajstić information content (AvgIpc) is 2.71. The summed E-state index contributed by atoms with van der Waals surface area (Å²) in [4.78, 5) is 10.6. The molecule has 0 aromatic rings. The first-order valence-electron chi connectivity index (χ1n) is 4.88. The quantitative estimate of drug-likeness (QED) is 0.712. The van der Waals surface area contributed by atoms with Gasteiger partial charge in [-0.2, -0.15) is 0 Å². The Morgan fingerprint density at radius 2 is 2.50 bits per heavy atom. The van der Waals surface area contributed by atoms with E-state index in [4.69, 9.17) is 9.84 Å².